The van der Waals surface area contributed by atoms with E-state index in [0.717, 1.165) is 18.4 Å². The molecule has 0 spiro atoms. The zero-order valence-corrected chi connectivity index (χ0v) is 11.4. The Morgan fingerprint density at radius 3 is 2.47 bits per heavy atom. The van der Waals surface area contributed by atoms with Crippen LogP contribution in [0.5, 0.6) is 0 Å². The molecule has 0 radical (unpaired) electrons. The molecule has 5 heteroatoms. The van der Waals surface area contributed by atoms with Crippen molar-refractivity contribution < 1.29 is 8.42 Å². The van der Waals surface area contributed by atoms with Crippen molar-refractivity contribution >= 4 is 15.7 Å². The first-order valence-corrected chi connectivity index (χ1v) is 7.15. The smallest absolute Gasteiger partial charge is 0.242 e. The number of rotatable bonds is 5. The Morgan fingerprint density at radius 1 is 1.29 bits per heavy atom. The molecule has 0 fully saturated rings. The van der Waals surface area contributed by atoms with Gasteiger partial charge in [-0.15, -0.1) is 0 Å². The van der Waals surface area contributed by atoms with Gasteiger partial charge in [0.1, 0.15) is 0 Å². The summed E-state index contributed by atoms with van der Waals surface area (Å²) in [6.07, 6.45) is 1.83. The zero-order chi connectivity index (χ0) is 13.1. The van der Waals surface area contributed by atoms with E-state index in [4.69, 9.17) is 5.73 Å². The minimum absolute atomic E-state index is 0.272. The van der Waals surface area contributed by atoms with Crippen molar-refractivity contribution in [3.63, 3.8) is 0 Å². The molecule has 0 heterocycles. The quantitative estimate of drug-likeness (QED) is 0.819. The Morgan fingerprint density at radius 2 is 1.94 bits per heavy atom. The van der Waals surface area contributed by atoms with Crippen LogP contribution in [0.2, 0.25) is 0 Å². The Balaban J connectivity index is 3.04. The van der Waals surface area contributed by atoms with Crippen LogP contribution in [0.25, 0.3) is 0 Å². The Kier molecular flexibility index (Phi) is 4.54. The van der Waals surface area contributed by atoms with Crippen molar-refractivity contribution in [3.05, 3.63) is 23.8 Å². The Hall–Kier alpha value is -1.07. The van der Waals surface area contributed by atoms with Gasteiger partial charge in [0.15, 0.2) is 0 Å². The molecule has 4 nitrogen and oxygen atoms in total. The summed E-state index contributed by atoms with van der Waals surface area (Å²) < 4.78 is 25.8. The normalized spacial score (nSPS) is 12.0. The third kappa shape index (κ3) is 3.44. The van der Waals surface area contributed by atoms with Crippen molar-refractivity contribution in [1.82, 2.24) is 4.31 Å². The van der Waals surface area contributed by atoms with Crippen LogP contribution in [-0.2, 0) is 10.0 Å². The van der Waals surface area contributed by atoms with Crippen molar-refractivity contribution in [3.8, 4) is 0 Å². The molecule has 0 atom stereocenters. The highest BCUT2D eigenvalue weighted by Gasteiger charge is 2.20. The Bertz CT molecular complexity index is 463. The van der Waals surface area contributed by atoms with Gasteiger partial charge in [0.05, 0.1) is 4.90 Å². The van der Waals surface area contributed by atoms with Gasteiger partial charge in [0, 0.05) is 19.3 Å². The molecule has 1 aromatic carbocycles. The summed E-state index contributed by atoms with van der Waals surface area (Å²) in [4.78, 5) is 0.272. The molecule has 0 saturated carbocycles. The number of aryl methyl sites for hydroxylation is 1. The minimum atomic E-state index is -3.40. The van der Waals surface area contributed by atoms with Crippen LogP contribution in [0, 0.1) is 6.92 Å². The van der Waals surface area contributed by atoms with E-state index < -0.39 is 10.0 Å². The lowest BCUT2D eigenvalue weighted by molar-refractivity contribution is 0.459. The van der Waals surface area contributed by atoms with Crippen molar-refractivity contribution in [2.24, 2.45) is 0 Å². The van der Waals surface area contributed by atoms with Gasteiger partial charge in [0.25, 0.3) is 0 Å². The molecular formula is C12H20N2O2S. The molecule has 2 N–H and O–H groups in total. The van der Waals surface area contributed by atoms with Crippen LogP contribution in [0.4, 0.5) is 5.69 Å². The van der Waals surface area contributed by atoms with Gasteiger partial charge in [-0.2, -0.15) is 0 Å². The first-order valence-electron chi connectivity index (χ1n) is 5.71. The highest BCUT2D eigenvalue weighted by Crippen LogP contribution is 2.19. The molecule has 0 aliphatic rings. The number of sulfonamides is 1. The summed E-state index contributed by atoms with van der Waals surface area (Å²) in [5.41, 5.74) is 7.01. The molecule has 96 valence electrons. The molecule has 1 aromatic rings. The van der Waals surface area contributed by atoms with Gasteiger partial charge in [-0.05, 0) is 37.1 Å². The third-order valence-corrected chi connectivity index (χ3v) is 4.44. The van der Waals surface area contributed by atoms with Gasteiger partial charge >= 0.3 is 0 Å². The second-order valence-electron chi connectivity index (χ2n) is 4.26. The number of nitrogen functional groups attached to an aromatic ring is 1. The number of unbranched alkanes of at least 4 members (excludes halogenated alkanes) is 1. The van der Waals surface area contributed by atoms with Crippen LogP contribution >= 0.6 is 0 Å². The summed E-state index contributed by atoms with van der Waals surface area (Å²) in [5, 5.41) is 0. The highest BCUT2D eigenvalue weighted by atomic mass is 32.2. The molecule has 0 aliphatic heterocycles. The monoisotopic (exact) mass is 256 g/mol. The zero-order valence-electron chi connectivity index (χ0n) is 10.6. The molecule has 0 bridgehead atoms. The average Bonchev–Trinajstić information content (AvgIpc) is 2.24. The second-order valence-corrected chi connectivity index (χ2v) is 6.30. The number of anilines is 1. The van der Waals surface area contributed by atoms with Crippen LogP contribution in [0.3, 0.4) is 0 Å². The standard InChI is InChI=1S/C12H20N2O2S/c1-4-5-6-14(3)17(15,16)12-8-10(2)7-11(13)9-12/h7-9H,4-6,13H2,1-3H3. The average molecular weight is 256 g/mol. The van der Waals surface area contributed by atoms with Crippen molar-refractivity contribution in [2.45, 2.75) is 31.6 Å². The van der Waals surface area contributed by atoms with Crippen molar-refractivity contribution in [2.75, 3.05) is 19.3 Å². The second kappa shape index (κ2) is 5.51. The lowest BCUT2D eigenvalue weighted by Gasteiger charge is -2.17. The molecule has 0 amide bonds. The number of hydrogen-bond acceptors (Lipinski definition) is 3. The molecule has 0 aromatic heterocycles. The number of nitrogens with zero attached hydrogens (tertiary/aromatic N) is 1. The fraction of sp³-hybridized carbons (Fsp3) is 0.500. The van der Waals surface area contributed by atoms with Crippen LogP contribution < -0.4 is 5.73 Å². The maximum Gasteiger partial charge on any atom is 0.242 e. The topological polar surface area (TPSA) is 63.4 Å². The third-order valence-electron chi connectivity index (χ3n) is 2.61. The molecule has 1 rings (SSSR count). The maximum atomic E-state index is 12.2. The largest absolute Gasteiger partial charge is 0.399 e. The van der Waals surface area contributed by atoms with Crippen LogP contribution in [0.15, 0.2) is 23.1 Å². The van der Waals surface area contributed by atoms with Gasteiger partial charge in [0.2, 0.25) is 10.0 Å². The highest BCUT2D eigenvalue weighted by molar-refractivity contribution is 7.89. The maximum absolute atomic E-state index is 12.2. The van der Waals surface area contributed by atoms with E-state index in [9.17, 15) is 8.42 Å². The number of nitrogens with two attached hydrogens (primary N) is 1. The van der Waals surface area contributed by atoms with E-state index in [1.165, 1.54) is 10.4 Å². The summed E-state index contributed by atoms with van der Waals surface area (Å²) in [5.74, 6) is 0. The SMILES string of the molecule is CCCCN(C)S(=O)(=O)c1cc(C)cc(N)c1. The van der Waals surface area contributed by atoms with Crippen LogP contribution in [0.1, 0.15) is 25.3 Å². The van der Waals surface area contributed by atoms with Gasteiger partial charge < -0.3 is 5.73 Å². The number of hydrogen-bond donors (Lipinski definition) is 1. The minimum Gasteiger partial charge on any atom is -0.399 e. The Labute approximate surface area is 103 Å². The van der Waals surface area contributed by atoms with Crippen molar-refractivity contribution in [1.29, 1.82) is 0 Å². The first kappa shape index (κ1) is 14.0. The summed E-state index contributed by atoms with van der Waals surface area (Å²) >= 11 is 0. The molecular weight excluding hydrogens is 236 g/mol. The van der Waals surface area contributed by atoms with Gasteiger partial charge in [-0.1, -0.05) is 13.3 Å². The summed E-state index contributed by atoms with van der Waals surface area (Å²) in [7, 11) is -1.80. The van der Waals surface area contributed by atoms with E-state index in [1.807, 2.05) is 13.8 Å². The van der Waals surface area contributed by atoms with E-state index in [0.29, 0.717) is 12.2 Å². The molecule has 0 aliphatic carbocycles. The fourth-order valence-corrected chi connectivity index (χ4v) is 2.96. The first-order chi connectivity index (χ1) is 7.87. The predicted octanol–water partition coefficient (Wildman–Crippen LogP) is 2.00. The molecule has 17 heavy (non-hydrogen) atoms. The van der Waals surface area contributed by atoms with Gasteiger partial charge in [-0.3, -0.25) is 0 Å². The molecule has 0 saturated heterocycles. The number of benzene rings is 1. The lowest BCUT2D eigenvalue weighted by atomic mass is 10.2. The summed E-state index contributed by atoms with van der Waals surface area (Å²) in [6.45, 7) is 4.40. The van der Waals surface area contributed by atoms with E-state index in [-0.39, 0.29) is 4.90 Å². The van der Waals surface area contributed by atoms with E-state index in [1.54, 1.807) is 19.2 Å². The molecule has 0 unspecified atom stereocenters. The van der Waals surface area contributed by atoms with E-state index in [2.05, 4.69) is 0 Å². The van der Waals surface area contributed by atoms with E-state index >= 15 is 0 Å². The van der Waals surface area contributed by atoms with Gasteiger partial charge in [-0.25, -0.2) is 12.7 Å². The van der Waals surface area contributed by atoms with Crippen LogP contribution in [-0.4, -0.2) is 26.3 Å². The lowest BCUT2D eigenvalue weighted by Crippen LogP contribution is -2.28. The summed E-state index contributed by atoms with van der Waals surface area (Å²) in [6, 6.07) is 4.91. The fourth-order valence-electron chi connectivity index (χ4n) is 1.61. The predicted molar refractivity (Wildman–Crippen MR) is 70.3 cm³/mol.